The summed E-state index contributed by atoms with van der Waals surface area (Å²) in [6.07, 6.45) is -2.73. The van der Waals surface area contributed by atoms with Gasteiger partial charge in [-0.05, 0) is 6.07 Å². The first-order valence-corrected chi connectivity index (χ1v) is 3.72. The van der Waals surface area contributed by atoms with Crippen molar-refractivity contribution in [2.75, 3.05) is 12.8 Å². The Balaban J connectivity index is 3.22. The highest BCUT2D eigenvalue weighted by Gasteiger charge is 2.16. The van der Waals surface area contributed by atoms with E-state index in [0.29, 0.717) is 0 Å². The van der Waals surface area contributed by atoms with Gasteiger partial charge in [-0.25, -0.2) is 13.8 Å². The molecule has 0 fully saturated rings. The number of aromatic nitrogens is 1. The van der Waals surface area contributed by atoms with E-state index in [2.05, 4.69) is 9.72 Å². The summed E-state index contributed by atoms with van der Waals surface area (Å²) < 4.78 is 29.1. The van der Waals surface area contributed by atoms with Crippen molar-refractivity contribution >= 4 is 17.3 Å². The minimum atomic E-state index is -2.73. The number of nitrogen functional groups attached to an aromatic ring is 1. The van der Waals surface area contributed by atoms with E-state index in [-0.39, 0.29) is 16.6 Å². The normalized spacial score (nSPS) is 10.5. The molecule has 1 heterocycles. The molecule has 3 nitrogen and oxygen atoms in total. The second kappa shape index (κ2) is 3.74. The highest BCUT2D eigenvalue weighted by Crippen LogP contribution is 2.30. The van der Waals surface area contributed by atoms with Crippen LogP contribution in [0.4, 0.5) is 14.5 Å². The van der Waals surface area contributed by atoms with Gasteiger partial charge in [-0.15, -0.1) is 0 Å². The lowest BCUT2D eigenvalue weighted by atomic mass is 10.3. The SMILES string of the molecule is COc1nc(C(F)F)c(Cl)cc1N. The summed E-state index contributed by atoms with van der Waals surface area (Å²) in [5.74, 6) is -0.0419. The molecular weight excluding hydrogens is 202 g/mol. The second-order valence-corrected chi connectivity index (χ2v) is 2.66. The van der Waals surface area contributed by atoms with Gasteiger partial charge in [0.15, 0.2) is 0 Å². The molecule has 0 aliphatic rings. The highest BCUT2D eigenvalue weighted by molar-refractivity contribution is 6.31. The van der Waals surface area contributed by atoms with E-state index in [9.17, 15) is 8.78 Å². The molecule has 2 N–H and O–H groups in total. The number of alkyl halides is 2. The van der Waals surface area contributed by atoms with Gasteiger partial charge in [0.1, 0.15) is 5.69 Å². The Bertz CT molecular complexity index is 320. The molecule has 0 aliphatic carbocycles. The maximum Gasteiger partial charge on any atom is 0.281 e. The Morgan fingerprint density at radius 2 is 2.23 bits per heavy atom. The number of hydrogen-bond donors (Lipinski definition) is 1. The first kappa shape index (κ1) is 9.98. The predicted molar refractivity (Wildman–Crippen MR) is 45.2 cm³/mol. The van der Waals surface area contributed by atoms with Crippen LogP contribution < -0.4 is 10.5 Å². The summed E-state index contributed by atoms with van der Waals surface area (Å²) in [7, 11) is 1.29. The Hall–Kier alpha value is -1.10. The number of nitrogens with zero attached hydrogens (tertiary/aromatic N) is 1. The van der Waals surface area contributed by atoms with Gasteiger partial charge < -0.3 is 10.5 Å². The van der Waals surface area contributed by atoms with Crippen LogP contribution in [0.5, 0.6) is 5.88 Å². The van der Waals surface area contributed by atoms with Crippen LogP contribution in [0, 0.1) is 0 Å². The van der Waals surface area contributed by atoms with Crippen LogP contribution in [0.15, 0.2) is 6.07 Å². The summed E-state index contributed by atoms with van der Waals surface area (Å²) in [5.41, 5.74) is 5.00. The second-order valence-electron chi connectivity index (χ2n) is 2.25. The average Bonchev–Trinajstić information content (AvgIpc) is 2.03. The summed E-state index contributed by atoms with van der Waals surface area (Å²) in [4.78, 5) is 3.46. The summed E-state index contributed by atoms with van der Waals surface area (Å²) in [6.45, 7) is 0. The van der Waals surface area contributed by atoms with E-state index in [4.69, 9.17) is 17.3 Å². The molecule has 0 aromatic carbocycles. The molecule has 6 heteroatoms. The third-order valence-electron chi connectivity index (χ3n) is 1.40. The van der Waals surface area contributed by atoms with Crippen LogP contribution in [-0.2, 0) is 0 Å². The van der Waals surface area contributed by atoms with Crippen molar-refractivity contribution in [2.24, 2.45) is 0 Å². The molecule has 72 valence electrons. The Morgan fingerprint density at radius 3 is 2.69 bits per heavy atom. The number of rotatable bonds is 2. The predicted octanol–water partition coefficient (Wildman–Crippen LogP) is 2.26. The van der Waals surface area contributed by atoms with Crippen LogP contribution in [-0.4, -0.2) is 12.1 Å². The van der Waals surface area contributed by atoms with Gasteiger partial charge in [-0.3, -0.25) is 0 Å². The molecule has 0 radical (unpaired) electrons. The number of methoxy groups -OCH3 is 1. The van der Waals surface area contributed by atoms with Crippen molar-refractivity contribution in [1.82, 2.24) is 4.98 Å². The molecule has 0 saturated carbocycles. The van der Waals surface area contributed by atoms with E-state index in [1.165, 1.54) is 13.2 Å². The van der Waals surface area contributed by atoms with Gasteiger partial charge in [0.2, 0.25) is 5.88 Å². The highest BCUT2D eigenvalue weighted by atomic mass is 35.5. The smallest absolute Gasteiger partial charge is 0.281 e. The summed E-state index contributed by atoms with van der Waals surface area (Å²) in [6, 6.07) is 1.19. The fourth-order valence-electron chi connectivity index (χ4n) is 0.816. The number of nitrogens with two attached hydrogens (primary N) is 1. The third-order valence-corrected chi connectivity index (χ3v) is 1.70. The van der Waals surface area contributed by atoms with Gasteiger partial charge >= 0.3 is 0 Å². The Labute approximate surface area is 78.5 Å². The fourth-order valence-corrected chi connectivity index (χ4v) is 1.06. The standard InChI is InChI=1S/C7H7ClF2N2O/c1-13-7-4(11)2-3(8)5(12-7)6(9)10/h2,6H,11H2,1H3. The maximum atomic E-state index is 12.2. The Morgan fingerprint density at radius 1 is 1.62 bits per heavy atom. The van der Waals surface area contributed by atoms with E-state index < -0.39 is 12.1 Å². The molecule has 0 aliphatic heterocycles. The summed E-state index contributed by atoms with van der Waals surface area (Å²) >= 11 is 5.48. The maximum absolute atomic E-state index is 12.2. The van der Waals surface area contributed by atoms with Crippen LogP contribution >= 0.6 is 11.6 Å². The van der Waals surface area contributed by atoms with E-state index in [0.717, 1.165) is 0 Å². The molecule has 1 aromatic rings. The number of hydrogen-bond acceptors (Lipinski definition) is 3. The van der Waals surface area contributed by atoms with E-state index in [1.807, 2.05) is 0 Å². The third kappa shape index (κ3) is 1.98. The lowest BCUT2D eigenvalue weighted by Gasteiger charge is -2.07. The molecule has 0 spiro atoms. The van der Waals surface area contributed by atoms with Gasteiger partial charge in [0.05, 0.1) is 17.8 Å². The zero-order valence-corrected chi connectivity index (χ0v) is 7.48. The number of ether oxygens (including phenoxy) is 1. The zero-order chi connectivity index (χ0) is 10.0. The van der Waals surface area contributed by atoms with E-state index >= 15 is 0 Å². The molecule has 0 saturated heterocycles. The molecule has 1 aromatic heterocycles. The lowest BCUT2D eigenvalue weighted by Crippen LogP contribution is -2.00. The zero-order valence-electron chi connectivity index (χ0n) is 6.72. The van der Waals surface area contributed by atoms with Gasteiger partial charge in [0.25, 0.3) is 6.43 Å². The van der Waals surface area contributed by atoms with E-state index in [1.54, 1.807) is 0 Å². The fraction of sp³-hybridized carbons (Fsp3) is 0.286. The topological polar surface area (TPSA) is 48.1 Å². The van der Waals surface area contributed by atoms with Crippen molar-refractivity contribution in [1.29, 1.82) is 0 Å². The van der Waals surface area contributed by atoms with Gasteiger partial charge in [0, 0.05) is 0 Å². The van der Waals surface area contributed by atoms with Crippen molar-refractivity contribution < 1.29 is 13.5 Å². The molecule has 0 bridgehead atoms. The largest absolute Gasteiger partial charge is 0.480 e. The minimum Gasteiger partial charge on any atom is -0.480 e. The lowest BCUT2D eigenvalue weighted by molar-refractivity contribution is 0.145. The quantitative estimate of drug-likeness (QED) is 0.811. The van der Waals surface area contributed by atoms with Crippen LogP contribution in [0.2, 0.25) is 5.02 Å². The van der Waals surface area contributed by atoms with Gasteiger partial charge in [-0.1, -0.05) is 11.6 Å². The minimum absolute atomic E-state index is 0.0419. The Kier molecular flexibility index (Phi) is 2.87. The van der Waals surface area contributed by atoms with Crippen molar-refractivity contribution in [3.63, 3.8) is 0 Å². The molecular formula is C7H7ClF2N2O. The van der Waals surface area contributed by atoms with Crippen molar-refractivity contribution in [3.05, 3.63) is 16.8 Å². The van der Waals surface area contributed by atoms with Crippen LogP contribution in [0.1, 0.15) is 12.1 Å². The van der Waals surface area contributed by atoms with Crippen LogP contribution in [0.3, 0.4) is 0 Å². The monoisotopic (exact) mass is 208 g/mol. The number of halogens is 3. The molecule has 13 heavy (non-hydrogen) atoms. The molecule has 0 amide bonds. The molecule has 1 rings (SSSR count). The first-order valence-electron chi connectivity index (χ1n) is 3.34. The van der Waals surface area contributed by atoms with Crippen molar-refractivity contribution in [2.45, 2.75) is 6.43 Å². The van der Waals surface area contributed by atoms with Crippen LogP contribution in [0.25, 0.3) is 0 Å². The first-order chi connectivity index (χ1) is 6.06. The van der Waals surface area contributed by atoms with Crippen molar-refractivity contribution in [3.8, 4) is 5.88 Å². The number of pyridine rings is 1. The summed E-state index contributed by atoms with van der Waals surface area (Å²) in [5, 5.41) is -0.159. The molecule has 0 atom stereocenters. The number of anilines is 1. The average molecular weight is 209 g/mol. The molecule has 0 unspecified atom stereocenters. The van der Waals surface area contributed by atoms with Gasteiger partial charge in [-0.2, -0.15) is 0 Å².